The van der Waals surface area contributed by atoms with Gasteiger partial charge in [0.05, 0.1) is 23.2 Å². The van der Waals surface area contributed by atoms with Crippen LogP contribution in [0.4, 0.5) is 0 Å². The second-order valence-corrected chi connectivity index (χ2v) is 8.14. The minimum absolute atomic E-state index is 0.194. The van der Waals surface area contributed by atoms with Crippen LogP contribution in [0.1, 0.15) is 40.0 Å². The highest BCUT2D eigenvalue weighted by Gasteiger charge is 2.44. The summed E-state index contributed by atoms with van der Waals surface area (Å²) < 4.78 is 18.1. The van der Waals surface area contributed by atoms with Crippen molar-refractivity contribution in [2.75, 3.05) is 13.7 Å². The molecule has 1 aromatic carbocycles. The molecule has 21 heavy (non-hydrogen) atoms. The van der Waals surface area contributed by atoms with Crippen molar-refractivity contribution in [1.29, 1.82) is 0 Å². The molecule has 0 bridgehead atoms. The van der Waals surface area contributed by atoms with Crippen LogP contribution in [-0.4, -0.2) is 29.2 Å². The van der Waals surface area contributed by atoms with E-state index in [0.29, 0.717) is 6.04 Å². The number of methoxy groups -OCH3 is 1. The van der Waals surface area contributed by atoms with Gasteiger partial charge in [-0.25, -0.2) is 0 Å². The smallest absolute Gasteiger partial charge is 0.118 e. The maximum Gasteiger partial charge on any atom is 0.118 e. The summed E-state index contributed by atoms with van der Waals surface area (Å²) in [5.41, 5.74) is 0.210. The molecular weight excluding hydrogens is 282 g/mol. The molecule has 1 N–H and O–H groups in total. The van der Waals surface area contributed by atoms with Gasteiger partial charge in [-0.05, 0) is 55.5 Å². The summed E-state index contributed by atoms with van der Waals surface area (Å²) in [5.74, 6) is 0.808. The standard InChI is InChI=1S/C17H27NO2S/c1-5-12-18-16-15(10-11-17(16,2)3)21(19)14-8-6-13(20-4)7-9-14/h6-9,15-16,18H,5,10-12H2,1-4H3. The van der Waals surface area contributed by atoms with Crippen molar-refractivity contribution in [3.63, 3.8) is 0 Å². The number of ether oxygens (including phenoxy) is 1. The minimum atomic E-state index is -0.967. The van der Waals surface area contributed by atoms with E-state index < -0.39 is 10.8 Å². The quantitative estimate of drug-likeness (QED) is 0.875. The lowest BCUT2D eigenvalue weighted by Crippen LogP contribution is -2.46. The van der Waals surface area contributed by atoms with Crippen LogP contribution in [-0.2, 0) is 10.8 Å². The Balaban J connectivity index is 2.16. The number of nitrogens with one attached hydrogen (secondary N) is 1. The monoisotopic (exact) mass is 309 g/mol. The van der Waals surface area contributed by atoms with Crippen molar-refractivity contribution >= 4 is 10.8 Å². The van der Waals surface area contributed by atoms with Gasteiger partial charge in [0.1, 0.15) is 5.75 Å². The first kappa shape index (κ1) is 16.5. The van der Waals surface area contributed by atoms with Crippen molar-refractivity contribution in [1.82, 2.24) is 5.32 Å². The summed E-state index contributed by atoms with van der Waals surface area (Å²) in [4.78, 5) is 0.904. The molecule has 4 heteroatoms. The molecule has 0 aromatic heterocycles. The van der Waals surface area contributed by atoms with Crippen LogP contribution in [0.25, 0.3) is 0 Å². The lowest BCUT2D eigenvalue weighted by molar-refractivity contribution is 0.286. The third-order valence-electron chi connectivity index (χ3n) is 4.47. The van der Waals surface area contributed by atoms with Gasteiger partial charge in [0, 0.05) is 10.9 Å². The second-order valence-electron chi connectivity index (χ2n) is 6.47. The minimum Gasteiger partial charge on any atom is -0.497 e. The summed E-state index contributed by atoms with van der Waals surface area (Å²) in [7, 11) is 0.682. The Kier molecular flexibility index (Phi) is 5.44. The maximum absolute atomic E-state index is 12.9. The van der Waals surface area contributed by atoms with Crippen molar-refractivity contribution < 1.29 is 8.95 Å². The molecule has 2 rings (SSSR count). The number of hydrogen-bond donors (Lipinski definition) is 1. The molecule has 0 aliphatic heterocycles. The van der Waals surface area contributed by atoms with Crippen molar-refractivity contribution in [3.05, 3.63) is 24.3 Å². The summed E-state index contributed by atoms with van der Waals surface area (Å²) in [6.45, 7) is 7.73. The van der Waals surface area contributed by atoms with Crippen LogP contribution in [0.3, 0.4) is 0 Å². The summed E-state index contributed by atoms with van der Waals surface area (Å²) in [6.07, 6.45) is 3.25. The first-order valence-corrected chi connectivity index (χ1v) is 8.99. The Morgan fingerprint density at radius 1 is 1.33 bits per heavy atom. The molecule has 3 unspecified atom stereocenters. The number of rotatable bonds is 6. The topological polar surface area (TPSA) is 38.3 Å². The van der Waals surface area contributed by atoms with Crippen LogP contribution in [0.2, 0.25) is 0 Å². The van der Waals surface area contributed by atoms with E-state index in [-0.39, 0.29) is 10.7 Å². The fraction of sp³-hybridized carbons (Fsp3) is 0.647. The number of benzene rings is 1. The van der Waals surface area contributed by atoms with E-state index in [1.807, 2.05) is 24.3 Å². The third kappa shape index (κ3) is 3.67. The molecule has 1 aliphatic carbocycles. The zero-order chi connectivity index (χ0) is 15.5. The Morgan fingerprint density at radius 2 is 2.00 bits per heavy atom. The van der Waals surface area contributed by atoms with E-state index in [1.165, 1.54) is 0 Å². The molecule has 1 fully saturated rings. The zero-order valence-electron chi connectivity index (χ0n) is 13.5. The third-order valence-corrected chi connectivity index (χ3v) is 6.26. The van der Waals surface area contributed by atoms with Crippen LogP contribution < -0.4 is 10.1 Å². The molecule has 1 aliphatic rings. The fourth-order valence-electron chi connectivity index (χ4n) is 3.16. The van der Waals surface area contributed by atoms with Crippen molar-refractivity contribution in [2.24, 2.45) is 5.41 Å². The molecular formula is C17H27NO2S. The molecule has 118 valence electrons. The average molecular weight is 309 g/mol. The van der Waals surface area contributed by atoms with Crippen LogP contribution in [0.5, 0.6) is 5.75 Å². The maximum atomic E-state index is 12.9. The molecule has 0 radical (unpaired) electrons. The highest BCUT2D eigenvalue weighted by atomic mass is 32.2. The van der Waals surface area contributed by atoms with E-state index in [1.54, 1.807) is 7.11 Å². The largest absolute Gasteiger partial charge is 0.497 e. The van der Waals surface area contributed by atoms with Crippen molar-refractivity contribution in [3.8, 4) is 5.75 Å². The summed E-state index contributed by atoms with van der Waals surface area (Å²) in [5, 5.41) is 3.82. The normalized spacial score (nSPS) is 25.7. The Bertz CT molecular complexity index is 484. The summed E-state index contributed by atoms with van der Waals surface area (Å²) >= 11 is 0. The predicted octanol–water partition coefficient (Wildman–Crippen LogP) is 3.36. The second kappa shape index (κ2) is 6.93. The van der Waals surface area contributed by atoms with Gasteiger partial charge in [-0.3, -0.25) is 4.21 Å². The first-order valence-electron chi connectivity index (χ1n) is 7.77. The SMILES string of the molecule is CCCNC1C(S(=O)c2ccc(OC)cc2)CCC1(C)C. The highest BCUT2D eigenvalue weighted by Crippen LogP contribution is 2.41. The number of hydrogen-bond acceptors (Lipinski definition) is 3. The fourth-order valence-corrected chi connectivity index (χ4v) is 4.96. The molecule has 3 nitrogen and oxygen atoms in total. The van der Waals surface area contributed by atoms with E-state index >= 15 is 0 Å². The lowest BCUT2D eigenvalue weighted by Gasteiger charge is -2.31. The molecule has 0 saturated heterocycles. The lowest BCUT2D eigenvalue weighted by atomic mass is 9.87. The van der Waals surface area contributed by atoms with Gasteiger partial charge >= 0.3 is 0 Å². The molecule has 0 heterocycles. The van der Waals surface area contributed by atoms with Gasteiger partial charge in [-0.15, -0.1) is 0 Å². The molecule has 3 atom stereocenters. The van der Waals surface area contributed by atoms with Crippen LogP contribution in [0, 0.1) is 5.41 Å². The van der Waals surface area contributed by atoms with E-state index in [2.05, 4.69) is 26.1 Å². The van der Waals surface area contributed by atoms with E-state index in [4.69, 9.17) is 4.74 Å². The molecule has 1 saturated carbocycles. The molecule has 0 amide bonds. The Hall–Kier alpha value is -0.870. The van der Waals surface area contributed by atoms with E-state index in [0.717, 1.165) is 36.5 Å². The van der Waals surface area contributed by atoms with Crippen LogP contribution in [0.15, 0.2) is 29.2 Å². The summed E-state index contributed by atoms with van der Waals surface area (Å²) in [6, 6.07) is 7.96. The van der Waals surface area contributed by atoms with Gasteiger partial charge in [0.25, 0.3) is 0 Å². The zero-order valence-corrected chi connectivity index (χ0v) is 14.3. The first-order chi connectivity index (χ1) is 9.99. The van der Waals surface area contributed by atoms with Gasteiger partial charge in [-0.2, -0.15) is 0 Å². The van der Waals surface area contributed by atoms with Gasteiger partial charge in [-0.1, -0.05) is 20.8 Å². The van der Waals surface area contributed by atoms with Gasteiger partial charge in [0.2, 0.25) is 0 Å². The predicted molar refractivity (Wildman–Crippen MR) is 88.3 cm³/mol. The Morgan fingerprint density at radius 3 is 2.57 bits per heavy atom. The highest BCUT2D eigenvalue weighted by molar-refractivity contribution is 7.85. The molecule has 1 aromatic rings. The van der Waals surface area contributed by atoms with Crippen molar-refractivity contribution in [2.45, 2.75) is 56.2 Å². The van der Waals surface area contributed by atoms with Crippen LogP contribution >= 0.6 is 0 Å². The van der Waals surface area contributed by atoms with E-state index in [9.17, 15) is 4.21 Å². The Labute approximate surface area is 130 Å². The average Bonchev–Trinajstić information content (AvgIpc) is 2.79. The molecule has 0 spiro atoms. The van der Waals surface area contributed by atoms with Gasteiger partial charge in [0.15, 0.2) is 0 Å². The van der Waals surface area contributed by atoms with Gasteiger partial charge < -0.3 is 10.1 Å².